The van der Waals surface area contributed by atoms with Crippen LogP contribution < -0.4 is 11.2 Å². The summed E-state index contributed by atoms with van der Waals surface area (Å²) in [5.74, 6) is 0. The Morgan fingerprint density at radius 3 is 2.77 bits per heavy atom. The highest BCUT2D eigenvalue weighted by Crippen LogP contribution is 2.21. The second-order valence-electron chi connectivity index (χ2n) is 3.26. The van der Waals surface area contributed by atoms with Crippen molar-refractivity contribution < 1.29 is 1.43 Å². The van der Waals surface area contributed by atoms with Crippen LogP contribution in [0.25, 0.3) is 10.8 Å². The fourth-order valence-electron chi connectivity index (χ4n) is 1.52. The summed E-state index contributed by atoms with van der Waals surface area (Å²) in [4.78, 5) is 0. The summed E-state index contributed by atoms with van der Waals surface area (Å²) >= 11 is 0. The lowest BCUT2D eigenvalue weighted by Gasteiger charge is -2.05. The lowest BCUT2D eigenvalue weighted by atomic mass is 9.92. The molecule has 1 nitrogen and oxygen atoms in total. The van der Waals surface area contributed by atoms with E-state index in [1.807, 2.05) is 37.3 Å². The van der Waals surface area contributed by atoms with E-state index >= 15 is 0 Å². The average Bonchev–Trinajstić information content (AvgIpc) is 2.12. The van der Waals surface area contributed by atoms with Gasteiger partial charge in [0.15, 0.2) is 0 Å². The van der Waals surface area contributed by atoms with Crippen molar-refractivity contribution in [3.63, 3.8) is 0 Å². The highest BCUT2D eigenvalue weighted by molar-refractivity contribution is 6.33. The van der Waals surface area contributed by atoms with E-state index in [9.17, 15) is 0 Å². The van der Waals surface area contributed by atoms with Crippen LogP contribution in [0, 0.1) is 6.92 Å². The van der Waals surface area contributed by atoms with Gasteiger partial charge in [-0.05, 0) is 29.3 Å². The van der Waals surface area contributed by atoms with Crippen LogP contribution in [0.15, 0.2) is 30.3 Å². The smallest absolute Gasteiger partial charge is 0.113 e. The molecule has 0 aliphatic rings. The Labute approximate surface area is 80.5 Å². The van der Waals surface area contributed by atoms with Gasteiger partial charge in [-0.15, -0.1) is 0 Å². The van der Waals surface area contributed by atoms with Crippen molar-refractivity contribution in [1.82, 2.24) is 0 Å². The highest BCUT2D eigenvalue weighted by Gasteiger charge is 1.99. The Balaban J connectivity index is 0.000000980. The Morgan fingerprint density at radius 1 is 1.23 bits per heavy atom. The number of rotatable bonds is 0. The molecule has 0 bridgehead atoms. The van der Waals surface area contributed by atoms with Crippen LogP contribution in [0.2, 0.25) is 0 Å². The molecule has 0 aliphatic carbocycles. The quantitative estimate of drug-likeness (QED) is 0.472. The van der Waals surface area contributed by atoms with Crippen LogP contribution in [0.4, 0.5) is 5.69 Å². The minimum absolute atomic E-state index is 0. The number of benzene rings is 2. The summed E-state index contributed by atoms with van der Waals surface area (Å²) in [5.41, 5.74) is 8.53. The summed E-state index contributed by atoms with van der Waals surface area (Å²) in [5, 5.41) is 2.32. The van der Waals surface area contributed by atoms with Crippen LogP contribution in [0.5, 0.6) is 0 Å². The second kappa shape index (κ2) is 2.80. The van der Waals surface area contributed by atoms with E-state index in [2.05, 4.69) is 0 Å². The third-order valence-corrected chi connectivity index (χ3v) is 2.36. The molecule has 0 saturated heterocycles. The molecule has 64 valence electrons. The van der Waals surface area contributed by atoms with Crippen LogP contribution in [0.3, 0.4) is 0 Å². The molecule has 2 aromatic carbocycles. The van der Waals surface area contributed by atoms with Gasteiger partial charge in [-0.25, -0.2) is 0 Å². The maximum atomic E-state index is 5.79. The van der Waals surface area contributed by atoms with Gasteiger partial charge in [-0.2, -0.15) is 0 Å². The zero-order chi connectivity index (χ0) is 9.42. The number of fused-ring (bicyclic) bond motifs is 1. The molecule has 0 amide bonds. The molecule has 2 heteroatoms. The monoisotopic (exact) mass is 169 g/mol. The van der Waals surface area contributed by atoms with Crippen molar-refractivity contribution in [3.8, 4) is 0 Å². The van der Waals surface area contributed by atoms with E-state index in [-0.39, 0.29) is 1.43 Å². The summed E-state index contributed by atoms with van der Waals surface area (Å²) < 4.78 is 0. The Bertz CT molecular complexity index is 468. The van der Waals surface area contributed by atoms with Crippen molar-refractivity contribution in [3.05, 3.63) is 35.9 Å². The molecule has 0 aliphatic heterocycles. The predicted molar refractivity (Wildman–Crippen MR) is 60.6 cm³/mol. The van der Waals surface area contributed by atoms with Gasteiger partial charge < -0.3 is 5.73 Å². The molecule has 13 heavy (non-hydrogen) atoms. The van der Waals surface area contributed by atoms with E-state index in [4.69, 9.17) is 13.6 Å². The molecule has 0 spiro atoms. The minimum Gasteiger partial charge on any atom is -0.398 e. The largest absolute Gasteiger partial charge is 0.398 e. The van der Waals surface area contributed by atoms with Gasteiger partial charge in [0, 0.05) is 7.11 Å². The van der Waals surface area contributed by atoms with Crippen LogP contribution in [0.1, 0.15) is 6.99 Å². The zero-order valence-electron chi connectivity index (χ0n) is 7.54. The molecule has 0 aromatic heterocycles. The Hall–Kier alpha value is -1.44. The third-order valence-electron chi connectivity index (χ3n) is 2.36. The second-order valence-corrected chi connectivity index (χ2v) is 3.26. The number of hydrogen-bond donors (Lipinski definition) is 1. The van der Waals surface area contributed by atoms with E-state index in [0.29, 0.717) is 0 Å². The average molecular weight is 169 g/mol. The topological polar surface area (TPSA) is 26.0 Å². The third kappa shape index (κ3) is 1.28. The highest BCUT2D eigenvalue weighted by atomic mass is 14.5. The van der Waals surface area contributed by atoms with Crippen molar-refractivity contribution in [2.75, 3.05) is 5.73 Å². The first-order valence-electron chi connectivity index (χ1n) is 4.23. The van der Waals surface area contributed by atoms with Gasteiger partial charge in [0.2, 0.25) is 0 Å². The molecular weight excluding hydrogens is 157 g/mol. The number of nitrogens with two attached hydrogens (primary N) is 1. The first kappa shape index (κ1) is 8.18. The number of hydrogen-bond acceptors (Lipinski definition) is 1. The van der Waals surface area contributed by atoms with Crippen LogP contribution >= 0.6 is 0 Å². The van der Waals surface area contributed by atoms with Crippen LogP contribution in [-0.2, 0) is 0 Å². The Kier molecular flexibility index (Phi) is 1.76. The maximum absolute atomic E-state index is 5.79. The van der Waals surface area contributed by atoms with Gasteiger partial charge >= 0.3 is 0 Å². The molecule has 2 radical (unpaired) electrons. The summed E-state index contributed by atoms with van der Waals surface area (Å²) in [6.07, 6.45) is 0. The zero-order valence-corrected chi connectivity index (χ0v) is 7.54. The molecule has 0 heterocycles. The summed E-state index contributed by atoms with van der Waals surface area (Å²) in [6, 6.07) is 9.78. The summed E-state index contributed by atoms with van der Waals surface area (Å²) in [7, 11) is 5.68. The predicted octanol–water partition coefficient (Wildman–Crippen LogP) is 1.77. The van der Waals surface area contributed by atoms with Gasteiger partial charge in [0.1, 0.15) is 7.85 Å². The van der Waals surface area contributed by atoms with Crippen molar-refractivity contribution in [2.24, 2.45) is 0 Å². The van der Waals surface area contributed by atoms with E-state index in [1.54, 1.807) is 0 Å². The molecule has 0 fully saturated rings. The van der Waals surface area contributed by atoms with Crippen LogP contribution in [-0.4, -0.2) is 7.85 Å². The number of aryl methyl sites for hydroxylation is 1. The van der Waals surface area contributed by atoms with E-state index < -0.39 is 0 Å². The van der Waals surface area contributed by atoms with Gasteiger partial charge in [0.05, 0.1) is 0 Å². The first-order valence-corrected chi connectivity index (χ1v) is 4.23. The minimum atomic E-state index is 0. The number of nitrogen functional groups attached to an aromatic ring is 1. The maximum Gasteiger partial charge on any atom is 0.113 e. The summed E-state index contributed by atoms with van der Waals surface area (Å²) in [6.45, 7) is 2.02. The SMILES string of the molecule is [B]c1ccc2c(C)c(N)ccc2c1.[HH]. The van der Waals surface area contributed by atoms with Crippen molar-refractivity contribution in [2.45, 2.75) is 6.92 Å². The van der Waals surface area contributed by atoms with Gasteiger partial charge in [0.25, 0.3) is 0 Å². The molecule has 2 rings (SSSR count). The van der Waals surface area contributed by atoms with Crippen molar-refractivity contribution >= 4 is 29.8 Å². The Morgan fingerprint density at radius 2 is 2.00 bits per heavy atom. The normalized spacial score (nSPS) is 10.5. The molecular formula is C11H12BN. The molecule has 0 atom stereocenters. The number of anilines is 1. The molecule has 0 unspecified atom stereocenters. The van der Waals surface area contributed by atoms with E-state index in [0.717, 1.165) is 22.1 Å². The molecule has 2 aromatic rings. The van der Waals surface area contributed by atoms with E-state index in [1.165, 1.54) is 5.39 Å². The molecule has 0 saturated carbocycles. The fraction of sp³-hybridized carbons (Fsp3) is 0.0909. The fourth-order valence-corrected chi connectivity index (χ4v) is 1.52. The van der Waals surface area contributed by atoms with Gasteiger partial charge in [-0.1, -0.05) is 29.7 Å². The molecule has 2 N–H and O–H groups in total. The lowest BCUT2D eigenvalue weighted by Crippen LogP contribution is -2.00. The van der Waals surface area contributed by atoms with Crippen molar-refractivity contribution in [1.29, 1.82) is 0 Å². The lowest BCUT2D eigenvalue weighted by molar-refractivity contribution is 1.53. The first-order chi connectivity index (χ1) is 6.18. The van der Waals surface area contributed by atoms with Gasteiger partial charge in [-0.3, -0.25) is 0 Å². The standard InChI is InChI=1S/C11H10BN.H2/c1-7-10-4-3-9(12)6-8(10)2-5-11(7)13;/h2-6H,13H2,1H3;1H.